The van der Waals surface area contributed by atoms with Gasteiger partial charge in [-0.1, -0.05) is 48.5 Å². The van der Waals surface area contributed by atoms with Gasteiger partial charge in [-0.2, -0.15) is 8.78 Å². The quantitative estimate of drug-likeness (QED) is 0.933. The molecule has 0 saturated carbocycles. The monoisotopic (exact) mass is 288 g/mol. The van der Waals surface area contributed by atoms with Crippen LogP contribution >= 0.6 is 0 Å². The van der Waals surface area contributed by atoms with Crippen LogP contribution in [0.4, 0.5) is 14.5 Å². The van der Waals surface area contributed by atoms with Crippen LogP contribution in [-0.2, 0) is 5.92 Å². The number of rotatable bonds is 3. The molecule has 1 unspecified atom stereocenters. The zero-order valence-electron chi connectivity index (χ0n) is 11.7. The molecule has 1 heterocycles. The molecule has 2 aromatic rings. The van der Waals surface area contributed by atoms with Crippen molar-refractivity contribution in [2.24, 2.45) is 5.73 Å². The first-order valence-corrected chi connectivity index (χ1v) is 7.11. The molecule has 0 radical (unpaired) electrons. The summed E-state index contributed by atoms with van der Waals surface area (Å²) >= 11 is 0. The summed E-state index contributed by atoms with van der Waals surface area (Å²) in [6, 6.07) is 15.5. The topological polar surface area (TPSA) is 29.3 Å². The number of benzene rings is 2. The predicted octanol–water partition coefficient (Wildman–Crippen LogP) is 3.69. The molecule has 0 spiro atoms. The molecule has 2 nitrogen and oxygen atoms in total. The van der Waals surface area contributed by atoms with E-state index in [1.165, 1.54) is 12.1 Å². The molecule has 2 aromatic carbocycles. The van der Waals surface area contributed by atoms with Gasteiger partial charge < -0.3 is 10.6 Å². The molecule has 3 rings (SSSR count). The van der Waals surface area contributed by atoms with Crippen LogP contribution in [0.25, 0.3) is 0 Å². The fourth-order valence-electron chi connectivity index (χ4n) is 2.84. The molecular formula is C17H18F2N2. The van der Waals surface area contributed by atoms with Crippen molar-refractivity contribution in [3.8, 4) is 0 Å². The molecule has 0 bridgehead atoms. The normalized spacial score (nSPS) is 18.4. The first kappa shape index (κ1) is 14.0. The van der Waals surface area contributed by atoms with E-state index >= 15 is 0 Å². The first-order chi connectivity index (χ1) is 10.1. The maximum absolute atomic E-state index is 14.5. The highest BCUT2D eigenvalue weighted by molar-refractivity contribution is 5.57. The molecule has 110 valence electrons. The minimum Gasteiger partial charge on any atom is -0.365 e. The van der Waals surface area contributed by atoms with Gasteiger partial charge in [0.05, 0.1) is 6.54 Å². The van der Waals surface area contributed by atoms with Crippen LogP contribution in [0, 0.1) is 0 Å². The second-order valence-corrected chi connectivity index (χ2v) is 5.45. The highest BCUT2D eigenvalue weighted by Gasteiger charge is 2.36. The van der Waals surface area contributed by atoms with Gasteiger partial charge in [-0.25, -0.2) is 0 Å². The smallest absolute Gasteiger partial charge is 0.290 e. The van der Waals surface area contributed by atoms with Gasteiger partial charge >= 0.3 is 0 Å². The van der Waals surface area contributed by atoms with Crippen LogP contribution in [0.2, 0.25) is 0 Å². The fraction of sp³-hybridized carbons (Fsp3) is 0.294. The summed E-state index contributed by atoms with van der Waals surface area (Å²) in [7, 11) is 0. The number of fused-ring (bicyclic) bond motifs is 1. The molecule has 2 N–H and O–H groups in total. The van der Waals surface area contributed by atoms with E-state index in [9.17, 15) is 8.78 Å². The van der Waals surface area contributed by atoms with Gasteiger partial charge in [0.2, 0.25) is 0 Å². The molecule has 1 aliphatic rings. The summed E-state index contributed by atoms with van der Waals surface area (Å²) in [5, 5.41) is 0. The second-order valence-electron chi connectivity index (χ2n) is 5.45. The number of hydrogen-bond acceptors (Lipinski definition) is 2. The highest BCUT2D eigenvalue weighted by Crippen LogP contribution is 2.36. The summed E-state index contributed by atoms with van der Waals surface area (Å²) in [6.07, 6.45) is 0.696. The molecule has 1 atom stereocenters. The van der Waals surface area contributed by atoms with Gasteiger partial charge in [-0.15, -0.1) is 0 Å². The molecule has 21 heavy (non-hydrogen) atoms. The van der Waals surface area contributed by atoms with Crippen molar-refractivity contribution in [1.82, 2.24) is 0 Å². The summed E-state index contributed by atoms with van der Waals surface area (Å²) in [5.74, 6) is -2.88. The summed E-state index contributed by atoms with van der Waals surface area (Å²) < 4.78 is 28.9. The lowest BCUT2D eigenvalue weighted by Crippen LogP contribution is -2.40. The van der Waals surface area contributed by atoms with Crippen LogP contribution in [0.3, 0.4) is 0 Å². The Morgan fingerprint density at radius 1 is 1.05 bits per heavy atom. The molecule has 0 saturated heterocycles. The maximum atomic E-state index is 14.5. The number of para-hydroxylation sites is 1. The van der Waals surface area contributed by atoms with Gasteiger partial charge in [0.15, 0.2) is 0 Å². The van der Waals surface area contributed by atoms with Gasteiger partial charge in [0.1, 0.15) is 0 Å². The highest BCUT2D eigenvalue weighted by atomic mass is 19.3. The number of nitrogens with two attached hydrogens (primary N) is 1. The van der Waals surface area contributed by atoms with Crippen LogP contribution in [0.5, 0.6) is 0 Å². The Balaban J connectivity index is 1.87. The van der Waals surface area contributed by atoms with Gasteiger partial charge in [-0.05, 0) is 18.1 Å². The van der Waals surface area contributed by atoms with E-state index in [4.69, 9.17) is 5.73 Å². The first-order valence-electron chi connectivity index (χ1n) is 7.11. The zero-order chi connectivity index (χ0) is 14.9. The lowest BCUT2D eigenvalue weighted by atomic mass is 9.96. The van der Waals surface area contributed by atoms with Crippen LogP contribution in [-0.4, -0.2) is 13.1 Å². The van der Waals surface area contributed by atoms with Crippen LogP contribution in [0.1, 0.15) is 23.6 Å². The van der Waals surface area contributed by atoms with E-state index in [0.29, 0.717) is 13.0 Å². The van der Waals surface area contributed by atoms with E-state index in [2.05, 4.69) is 0 Å². The van der Waals surface area contributed by atoms with Crippen molar-refractivity contribution in [2.75, 3.05) is 18.0 Å². The van der Waals surface area contributed by atoms with E-state index in [0.717, 1.165) is 11.3 Å². The molecule has 0 aliphatic carbocycles. The minimum atomic E-state index is -2.88. The number of halogens is 2. The third-order valence-electron chi connectivity index (χ3n) is 3.97. The molecule has 0 fully saturated rings. The standard InChI is InChI=1S/C17H18F2N2/c18-17(19,13-6-2-1-3-7-13)12-21-11-10-15(20)14-8-4-5-9-16(14)21/h1-9,15H,10-12,20H2. The van der Waals surface area contributed by atoms with Crippen molar-refractivity contribution in [3.05, 3.63) is 65.7 Å². The molecular weight excluding hydrogens is 270 g/mol. The molecule has 1 aliphatic heterocycles. The summed E-state index contributed by atoms with van der Waals surface area (Å²) in [4.78, 5) is 1.74. The second kappa shape index (κ2) is 5.45. The van der Waals surface area contributed by atoms with Crippen molar-refractivity contribution in [3.63, 3.8) is 0 Å². The van der Waals surface area contributed by atoms with Gasteiger partial charge in [0, 0.05) is 23.8 Å². The van der Waals surface area contributed by atoms with E-state index in [1.54, 1.807) is 23.1 Å². The predicted molar refractivity (Wildman–Crippen MR) is 80.5 cm³/mol. The van der Waals surface area contributed by atoms with E-state index < -0.39 is 5.92 Å². The lowest BCUT2D eigenvalue weighted by Gasteiger charge is -2.36. The van der Waals surface area contributed by atoms with E-state index in [1.807, 2.05) is 24.3 Å². The van der Waals surface area contributed by atoms with Crippen LogP contribution in [0.15, 0.2) is 54.6 Å². The van der Waals surface area contributed by atoms with Gasteiger partial charge in [-0.3, -0.25) is 0 Å². The molecule has 0 aromatic heterocycles. The molecule has 0 amide bonds. The Labute approximate surface area is 123 Å². The SMILES string of the molecule is NC1CCN(CC(F)(F)c2ccccc2)c2ccccc21. The van der Waals surface area contributed by atoms with E-state index in [-0.39, 0.29) is 18.2 Å². The Kier molecular flexibility index (Phi) is 3.64. The number of hydrogen-bond donors (Lipinski definition) is 1. The fourth-order valence-corrected chi connectivity index (χ4v) is 2.84. The van der Waals surface area contributed by atoms with Crippen molar-refractivity contribution in [1.29, 1.82) is 0 Å². The lowest BCUT2D eigenvalue weighted by molar-refractivity contribution is 0.00352. The van der Waals surface area contributed by atoms with Crippen molar-refractivity contribution < 1.29 is 8.78 Å². The average Bonchev–Trinajstić information content (AvgIpc) is 2.51. The Bertz CT molecular complexity index is 613. The average molecular weight is 288 g/mol. The van der Waals surface area contributed by atoms with Crippen molar-refractivity contribution in [2.45, 2.75) is 18.4 Å². The number of alkyl halides is 2. The number of anilines is 1. The summed E-state index contributed by atoms with van der Waals surface area (Å²) in [5.41, 5.74) is 7.90. The largest absolute Gasteiger partial charge is 0.365 e. The Morgan fingerprint density at radius 3 is 2.48 bits per heavy atom. The third kappa shape index (κ3) is 2.76. The Hall–Kier alpha value is -1.94. The zero-order valence-corrected chi connectivity index (χ0v) is 11.7. The van der Waals surface area contributed by atoms with Gasteiger partial charge in [0.25, 0.3) is 5.92 Å². The minimum absolute atomic E-state index is 0.0531. The summed E-state index contributed by atoms with van der Waals surface area (Å²) in [6.45, 7) is 0.237. The van der Waals surface area contributed by atoms with Crippen LogP contribution < -0.4 is 10.6 Å². The number of nitrogens with zero attached hydrogens (tertiary/aromatic N) is 1. The maximum Gasteiger partial charge on any atom is 0.290 e. The third-order valence-corrected chi connectivity index (χ3v) is 3.97. The Morgan fingerprint density at radius 2 is 1.71 bits per heavy atom. The van der Waals surface area contributed by atoms with Crippen molar-refractivity contribution >= 4 is 5.69 Å². The molecule has 4 heteroatoms.